The number of anilines is 1. The second kappa shape index (κ2) is 5.69. The summed E-state index contributed by atoms with van der Waals surface area (Å²) in [5.41, 5.74) is -0.129. The molecule has 2 aromatic heterocycles. The van der Waals surface area contributed by atoms with E-state index in [1.165, 1.54) is 6.07 Å². The molecule has 0 fully saturated rings. The van der Waals surface area contributed by atoms with Crippen LogP contribution in [0.2, 0.25) is 0 Å². The summed E-state index contributed by atoms with van der Waals surface area (Å²) >= 11 is 0. The van der Waals surface area contributed by atoms with Gasteiger partial charge < -0.3 is 14.9 Å². The maximum atomic E-state index is 11.6. The molecule has 2 N–H and O–H groups in total. The van der Waals surface area contributed by atoms with E-state index in [2.05, 4.69) is 20.3 Å². The summed E-state index contributed by atoms with van der Waals surface area (Å²) in [5, 5.41) is 3.24. The van der Waals surface area contributed by atoms with E-state index in [0.29, 0.717) is 11.6 Å². The van der Waals surface area contributed by atoms with Crippen molar-refractivity contribution < 1.29 is 0 Å². The molecule has 0 aliphatic heterocycles. The van der Waals surface area contributed by atoms with Gasteiger partial charge in [-0.15, -0.1) is 0 Å². The Hall–Kier alpha value is -2.11. The number of nitrogens with zero attached hydrogens (tertiary/aromatic N) is 3. The first-order valence-corrected chi connectivity index (χ1v) is 6.38. The number of hydrogen-bond donors (Lipinski definition) is 2. The third-order valence-corrected chi connectivity index (χ3v) is 2.75. The smallest absolute Gasteiger partial charge is 0.252 e. The highest BCUT2D eigenvalue weighted by molar-refractivity contribution is 5.34. The van der Waals surface area contributed by atoms with Crippen LogP contribution in [0.4, 0.5) is 5.82 Å². The summed E-state index contributed by atoms with van der Waals surface area (Å²) < 4.78 is 1.98. The Balaban J connectivity index is 2.08. The normalized spacial score (nSPS) is 12.6. The Morgan fingerprint density at radius 1 is 1.42 bits per heavy atom. The predicted octanol–water partition coefficient (Wildman–Crippen LogP) is 1.59. The summed E-state index contributed by atoms with van der Waals surface area (Å²) in [7, 11) is 0. The highest BCUT2D eigenvalue weighted by Gasteiger charge is 2.08. The van der Waals surface area contributed by atoms with Crippen LogP contribution in [0.5, 0.6) is 0 Å². The zero-order valence-corrected chi connectivity index (χ0v) is 11.4. The summed E-state index contributed by atoms with van der Waals surface area (Å²) in [6.45, 7) is 6.80. The van der Waals surface area contributed by atoms with Gasteiger partial charge >= 0.3 is 0 Å². The largest absolute Gasteiger partial charge is 0.366 e. The lowest BCUT2D eigenvalue weighted by atomic mass is 10.2. The van der Waals surface area contributed by atoms with Crippen LogP contribution in [0.3, 0.4) is 0 Å². The number of aromatic amines is 1. The molecule has 0 saturated carbocycles. The predicted molar refractivity (Wildman–Crippen MR) is 74.3 cm³/mol. The van der Waals surface area contributed by atoms with Gasteiger partial charge in [0.2, 0.25) is 0 Å². The maximum Gasteiger partial charge on any atom is 0.252 e. The van der Waals surface area contributed by atoms with Crippen molar-refractivity contribution in [2.45, 2.75) is 39.3 Å². The van der Waals surface area contributed by atoms with Gasteiger partial charge in [-0.3, -0.25) is 4.79 Å². The van der Waals surface area contributed by atoms with E-state index in [4.69, 9.17) is 0 Å². The second-order valence-electron chi connectivity index (χ2n) is 4.98. The monoisotopic (exact) mass is 261 g/mol. The molecular formula is C13H19N5O. The number of aromatic nitrogens is 4. The SMILES string of the molecule is CC(Cn1ccnc1)Nc1cc(=O)[nH]c(C(C)C)n1. The molecule has 2 heterocycles. The Morgan fingerprint density at radius 3 is 2.84 bits per heavy atom. The zero-order valence-electron chi connectivity index (χ0n) is 11.4. The topological polar surface area (TPSA) is 75.6 Å². The Morgan fingerprint density at radius 2 is 2.21 bits per heavy atom. The van der Waals surface area contributed by atoms with E-state index >= 15 is 0 Å². The number of H-pyrrole nitrogens is 1. The van der Waals surface area contributed by atoms with Crippen LogP contribution >= 0.6 is 0 Å². The van der Waals surface area contributed by atoms with Gasteiger partial charge in [0.1, 0.15) is 11.6 Å². The molecule has 2 rings (SSSR count). The van der Waals surface area contributed by atoms with Gasteiger partial charge in [-0.25, -0.2) is 9.97 Å². The van der Waals surface area contributed by atoms with Crippen LogP contribution in [0.15, 0.2) is 29.6 Å². The van der Waals surface area contributed by atoms with Gasteiger partial charge in [0.15, 0.2) is 0 Å². The van der Waals surface area contributed by atoms with E-state index in [1.807, 2.05) is 31.5 Å². The summed E-state index contributed by atoms with van der Waals surface area (Å²) in [4.78, 5) is 22.7. The average Bonchev–Trinajstić information content (AvgIpc) is 2.80. The molecule has 0 spiro atoms. The molecule has 0 aliphatic carbocycles. The van der Waals surface area contributed by atoms with E-state index in [9.17, 15) is 4.79 Å². The average molecular weight is 261 g/mol. The fourth-order valence-electron chi connectivity index (χ4n) is 1.83. The Labute approximate surface area is 111 Å². The molecule has 6 nitrogen and oxygen atoms in total. The third kappa shape index (κ3) is 3.67. The molecule has 6 heteroatoms. The molecule has 102 valence electrons. The van der Waals surface area contributed by atoms with Gasteiger partial charge in [-0.2, -0.15) is 0 Å². The Bertz CT molecular complexity index is 573. The summed E-state index contributed by atoms with van der Waals surface area (Å²) in [6.07, 6.45) is 5.42. The molecule has 0 aromatic carbocycles. The van der Waals surface area contributed by atoms with E-state index in [-0.39, 0.29) is 17.5 Å². The van der Waals surface area contributed by atoms with Crippen molar-refractivity contribution in [2.75, 3.05) is 5.32 Å². The first-order valence-electron chi connectivity index (χ1n) is 6.38. The lowest BCUT2D eigenvalue weighted by molar-refractivity contribution is 0.615. The fraction of sp³-hybridized carbons (Fsp3) is 0.462. The van der Waals surface area contributed by atoms with Gasteiger partial charge in [-0.1, -0.05) is 13.8 Å². The fourth-order valence-corrected chi connectivity index (χ4v) is 1.83. The Kier molecular flexibility index (Phi) is 3.99. The van der Waals surface area contributed by atoms with Gasteiger partial charge in [0, 0.05) is 37.0 Å². The van der Waals surface area contributed by atoms with E-state index in [0.717, 1.165) is 6.54 Å². The zero-order chi connectivity index (χ0) is 13.8. The van der Waals surface area contributed by atoms with Crippen molar-refractivity contribution in [3.05, 3.63) is 41.0 Å². The molecule has 1 unspecified atom stereocenters. The standard InChI is InChI=1S/C13H19N5O/c1-9(2)13-16-11(6-12(19)17-13)15-10(3)7-18-5-4-14-8-18/h4-6,8-10H,7H2,1-3H3,(H2,15,16,17,19). The van der Waals surface area contributed by atoms with Crippen LogP contribution in [0, 0.1) is 0 Å². The first-order chi connectivity index (χ1) is 9.04. The van der Waals surface area contributed by atoms with Crippen LogP contribution in [0.25, 0.3) is 0 Å². The second-order valence-corrected chi connectivity index (χ2v) is 4.98. The molecule has 0 saturated heterocycles. The van der Waals surface area contributed by atoms with E-state index in [1.54, 1.807) is 12.5 Å². The number of hydrogen-bond acceptors (Lipinski definition) is 4. The van der Waals surface area contributed by atoms with Crippen molar-refractivity contribution >= 4 is 5.82 Å². The maximum absolute atomic E-state index is 11.6. The molecule has 0 amide bonds. The quantitative estimate of drug-likeness (QED) is 0.857. The van der Waals surface area contributed by atoms with Crippen LogP contribution in [0.1, 0.15) is 32.5 Å². The minimum atomic E-state index is -0.129. The van der Waals surface area contributed by atoms with Crippen molar-refractivity contribution in [3.8, 4) is 0 Å². The van der Waals surface area contributed by atoms with E-state index < -0.39 is 0 Å². The molecule has 0 bridgehead atoms. The summed E-state index contributed by atoms with van der Waals surface area (Å²) in [6, 6.07) is 1.64. The van der Waals surface area contributed by atoms with Gasteiger partial charge in [-0.05, 0) is 6.92 Å². The minimum Gasteiger partial charge on any atom is -0.366 e. The van der Waals surface area contributed by atoms with Crippen molar-refractivity contribution in [2.24, 2.45) is 0 Å². The lowest BCUT2D eigenvalue weighted by Gasteiger charge is -2.15. The number of nitrogens with one attached hydrogen (secondary N) is 2. The highest BCUT2D eigenvalue weighted by Crippen LogP contribution is 2.10. The highest BCUT2D eigenvalue weighted by atomic mass is 16.1. The molecule has 1 atom stereocenters. The molecular weight excluding hydrogens is 242 g/mol. The number of rotatable bonds is 5. The van der Waals surface area contributed by atoms with Crippen LogP contribution in [-0.4, -0.2) is 25.6 Å². The van der Waals surface area contributed by atoms with Crippen LogP contribution in [-0.2, 0) is 6.54 Å². The summed E-state index contributed by atoms with van der Waals surface area (Å²) in [5.74, 6) is 1.50. The van der Waals surface area contributed by atoms with Crippen molar-refractivity contribution in [3.63, 3.8) is 0 Å². The van der Waals surface area contributed by atoms with Crippen molar-refractivity contribution in [1.29, 1.82) is 0 Å². The van der Waals surface area contributed by atoms with Gasteiger partial charge in [0.05, 0.1) is 6.33 Å². The van der Waals surface area contributed by atoms with Crippen molar-refractivity contribution in [1.82, 2.24) is 19.5 Å². The molecule has 0 aliphatic rings. The van der Waals surface area contributed by atoms with Crippen LogP contribution < -0.4 is 10.9 Å². The lowest BCUT2D eigenvalue weighted by Crippen LogP contribution is -2.24. The minimum absolute atomic E-state index is 0.129. The molecule has 0 radical (unpaired) electrons. The molecule has 2 aromatic rings. The third-order valence-electron chi connectivity index (χ3n) is 2.75. The number of imidazole rings is 1. The molecule has 19 heavy (non-hydrogen) atoms. The van der Waals surface area contributed by atoms with Gasteiger partial charge in [0.25, 0.3) is 5.56 Å². The first kappa shape index (κ1) is 13.3.